The Bertz CT molecular complexity index is 723. The zero-order valence-corrected chi connectivity index (χ0v) is 11.3. The maximum Gasteiger partial charge on any atom is 0.332 e. The van der Waals surface area contributed by atoms with E-state index in [-0.39, 0.29) is 11.2 Å². The van der Waals surface area contributed by atoms with Gasteiger partial charge in [-0.05, 0) is 13.3 Å². The molecule has 0 radical (unpaired) electrons. The largest absolute Gasteiger partial charge is 0.332 e. The molecule has 0 aliphatic carbocycles. The molecule has 0 bridgehead atoms. The van der Waals surface area contributed by atoms with Crippen LogP contribution in [0.4, 0.5) is 5.95 Å². The first-order valence-electron chi connectivity index (χ1n) is 6.23. The number of anilines is 1. The van der Waals surface area contributed by atoms with Crippen LogP contribution in [-0.2, 0) is 20.1 Å². The van der Waals surface area contributed by atoms with Gasteiger partial charge in [0.1, 0.15) is 0 Å². The van der Waals surface area contributed by atoms with E-state index in [9.17, 15) is 9.59 Å². The molecular formula is C11H18N6O2. The lowest BCUT2D eigenvalue weighted by molar-refractivity contribution is 0.609. The first kappa shape index (κ1) is 13.3. The summed E-state index contributed by atoms with van der Waals surface area (Å²) in [5, 5.41) is 0. The quantitative estimate of drug-likeness (QED) is 0.580. The van der Waals surface area contributed by atoms with Gasteiger partial charge in [0, 0.05) is 20.1 Å². The molecule has 3 N–H and O–H groups in total. The third-order valence-corrected chi connectivity index (χ3v) is 3.12. The maximum absolute atomic E-state index is 12.2. The van der Waals surface area contributed by atoms with Gasteiger partial charge in [-0.1, -0.05) is 6.92 Å². The number of nitrogens with zero attached hydrogens (tertiary/aromatic N) is 4. The van der Waals surface area contributed by atoms with Crippen molar-refractivity contribution in [2.45, 2.75) is 33.4 Å². The highest BCUT2D eigenvalue weighted by molar-refractivity contribution is 5.74. The summed E-state index contributed by atoms with van der Waals surface area (Å²) in [6, 6.07) is 0. The predicted octanol–water partition coefficient (Wildman–Crippen LogP) is -0.388. The summed E-state index contributed by atoms with van der Waals surface area (Å²) < 4.78 is 4.28. The second-order valence-corrected chi connectivity index (χ2v) is 4.29. The summed E-state index contributed by atoms with van der Waals surface area (Å²) >= 11 is 0. The molecule has 104 valence electrons. The molecule has 2 rings (SSSR count). The zero-order chi connectivity index (χ0) is 14.2. The van der Waals surface area contributed by atoms with Gasteiger partial charge in [-0.3, -0.25) is 19.4 Å². The van der Waals surface area contributed by atoms with Crippen LogP contribution < -0.4 is 22.5 Å². The number of nitrogens with one attached hydrogen (secondary N) is 1. The van der Waals surface area contributed by atoms with Gasteiger partial charge in [-0.2, -0.15) is 4.98 Å². The zero-order valence-electron chi connectivity index (χ0n) is 11.3. The van der Waals surface area contributed by atoms with Gasteiger partial charge < -0.3 is 4.57 Å². The van der Waals surface area contributed by atoms with Crippen LogP contribution >= 0.6 is 0 Å². The second kappa shape index (κ2) is 4.88. The number of hydrazine groups is 1. The van der Waals surface area contributed by atoms with Crippen molar-refractivity contribution >= 4 is 17.1 Å². The van der Waals surface area contributed by atoms with Crippen LogP contribution in [0.25, 0.3) is 11.2 Å². The number of aryl methyl sites for hydroxylation is 2. The third kappa shape index (κ3) is 1.84. The molecule has 0 saturated carbocycles. The minimum absolute atomic E-state index is 0.358. The van der Waals surface area contributed by atoms with Crippen LogP contribution in [0.15, 0.2) is 9.59 Å². The van der Waals surface area contributed by atoms with Crippen molar-refractivity contribution in [1.29, 1.82) is 0 Å². The van der Waals surface area contributed by atoms with Crippen LogP contribution in [-0.4, -0.2) is 18.7 Å². The first-order chi connectivity index (χ1) is 9.06. The number of aromatic nitrogens is 4. The van der Waals surface area contributed by atoms with Crippen molar-refractivity contribution in [3.63, 3.8) is 0 Å². The fraction of sp³-hybridized carbons (Fsp3) is 0.545. The number of nitrogen functional groups attached to an aromatic ring is 1. The van der Waals surface area contributed by atoms with Gasteiger partial charge in [-0.15, -0.1) is 0 Å². The topological polar surface area (TPSA) is 99.9 Å². The predicted molar refractivity (Wildman–Crippen MR) is 73.0 cm³/mol. The molecule has 0 aromatic carbocycles. The van der Waals surface area contributed by atoms with Crippen molar-refractivity contribution in [3.8, 4) is 0 Å². The van der Waals surface area contributed by atoms with Gasteiger partial charge in [-0.25, -0.2) is 10.6 Å². The summed E-state index contributed by atoms with van der Waals surface area (Å²) in [5.41, 5.74) is 2.52. The average Bonchev–Trinajstić information content (AvgIpc) is 2.79. The van der Waals surface area contributed by atoms with Crippen LogP contribution in [0.1, 0.15) is 20.3 Å². The lowest BCUT2D eigenvalue weighted by Crippen LogP contribution is -2.38. The fourth-order valence-electron chi connectivity index (χ4n) is 2.20. The summed E-state index contributed by atoms with van der Waals surface area (Å²) in [6.07, 6.45) is 0.775. The second-order valence-electron chi connectivity index (χ2n) is 4.29. The minimum atomic E-state index is -0.358. The van der Waals surface area contributed by atoms with E-state index >= 15 is 0 Å². The normalized spacial score (nSPS) is 11.2. The number of imidazole rings is 1. The van der Waals surface area contributed by atoms with E-state index in [2.05, 4.69) is 10.4 Å². The molecule has 0 aliphatic heterocycles. The third-order valence-electron chi connectivity index (χ3n) is 3.12. The number of rotatable bonds is 4. The molecule has 0 atom stereocenters. The Morgan fingerprint density at radius 3 is 2.47 bits per heavy atom. The molecule has 8 heteroatoms. The van der Waals surface area contributed by atoms with Crippen molar-refractivity contribution < 1.29 is 0 Å². The maximum atomic E-state index is 12.2. The lowest BCUT2D eigenvalue weighted by Gasteiger charge is -2.08. The SMILES string of the molecule is CCCn1c(=O)n(C)c(=O)c2c1nc(NN)n2CC. The molecule has 0 unspecified atom stereocenters. The van der Waals surface area contributed by atoms with Crippen LogP contribution in [0.3, 0.4) is 0 Å². The Kier molecular flexibility index (Phi) is 3.43. The molecule has 19 heavy (non-hydrogen) atoms. The molecule has 2 aromatic rings. The Balaban J connectivity index is 3.00. The van der Waals surface area contributed by atoms with Gasteiger partial charge in [0.05, 0.1) is 0 Å². The lowest BCUT2D eigenvalue weighted by atomic mass is 10.4. The Hall–Kier alpha value is -2.09. The number of hydrogen-bond acceptors (Lipinski definition) is 5. The molecule has 0 aliphatic rings. The van der Waals surface area contributed by atoms with E-state index in [1.54, 1.807) is 4.57 Å². The van der Waals surface area contributed by atoms with Crippen molar-refractivity contribution in [2.75, 3.05) is 5.43 Å². The van der Waals surface area contributed by atoms with Crippen molar-refractivity contribution in [3.05, 3.63) is 20.8 Å². The van der Waals surface area contributed by atoms with Crippen LogP contribution in [0, 0.1) is 0 Å². The van der Waals surface area contributed by atoms with Gasteiger partial charge in [0.2, 0.25) is 5.95 Å². The highest BCUT2D eigenvalue weighted by Gasteiger charge is 2.18. The summed E-state index contributed by atoms with van der Waals surface area (Å²) in [7, 11) is 1.47. The molecule has 0 saturated heterocycles. The summed E-state index contributed by atoms with van der Waals surface area (Å²) in [6.45, 7) is 4.89. The molecule has 8 nitrogen and oxygen atoms in total. The summed E-state index contributed by atoms with van der Waals surface area (Å²) in [5.74, 6) is 5.79. The van der Waals surface area contributed by atoms with Gasteiger partial charge in [0.25, 0.3) is 5.56 Å². The average molecular weight is 266 g/mol. The van der Waals surface area contributed by atoms with E-state index < -0.39 is 0 Å². The first-order valence-corrected chi connectivity index (χ1v) is 6.23. The molecule has 2 aromatic heterocycles. The van der Waals surface area contributed by atoms with E-state index in [0.29, 0.717) is 30.2 Å². The molecule has 2 heterocycles. The van der Waals surface area contributed by atoms with E-state index in [1.165, 1.54) is 11.6 Å². The minimum Gasteiger partial charge on any atom is -0.304 e. The molecule has 0 amide bonds. The number of hydrogen-bond donors (Lipinski definition) is 2. The van der Waals surface area contributed by atoms with E-state index in [1.807, 2.05) is 13.8 Å². The highest BCUT2D eigenvalue weighted by Crippen LogP contribution is 2.14. The Labute approximate surface area is 109 Å². The molecular weight excluding hydrogens is 248 g/mol. The molecule has 0 spiro atoms. The number of fused-ring (bicyclic) bond motifs is 1. The van der Waals surface area contributed by atoms with E-state index in [0.717, 1.165) is 11.0 Å². The van der Waals surface area contributed by atoms with Crippen molar-refractivity contribution in [1.82, 2.24) is 18.7 Å². The van der Waals surface area contributed by atoms with Crippen LogP contribution in [0.5, 0.6) is 0 Å². The van der Waals surface area contributed by atoms with Crippen molar-refractivity contribution in [2.24, 2.45) is 12.9 Å². The molecule has 0 fully saturated rings. The fourth-order valence-corrected chi connectivity index (χ4v) is 2.20. The standard InChI is InChI=1S/C11H18N6O2/c1-4-6-17-8-7(9(18)15(3)11(17)19)16(5-2)10(13-8)14-12/h4-6,12H2,1-3H3,(H,13,14). The smallest absolute Gasteiger partial charge is 0.304 e. The Morgan fingerprint density at radius 2 is 1.95 bits per heavy atom. The highest BCUT2D eigenvalue weighted by atomic mass is 16.2. The van der Waals surface area contributed by atoms with Crippen LogP contribution in [0.2, 0.25) is 0 Å². The van der Waals surface area contributed by atoms with Gasteiger partial charge in [0.15, 0.2) is 11.2 Å². The van der Waals surface area contributed by atoms with E-state index in [4.69, 9.17) is 5.84 Å². The Morgan fingerprint density at radius 1 is 1.26 bits per heavy atom. The monoisotopic (exact) mass is 266 g/mol. The number of nitrogens with two attached hydrogens (primary N) is 1. The summed E-state index contributed by atoms with van der Waals surface area (Å²) in [4.78, 5) is 28.6. The van der Waals surface area contributed by atoms with Gasteiger partial charge >= 0.3 is 5.69 Å².